The van der Waals surface area contributed by atoms with Crippen molar-refractivity contribution in [3.63, 3.8) is 0 Å². The van der Waals surface area contributed by atoms with Crippen LogP contribution in [0.4, 0.5) is 0 Å². The van der Waals surface area contributed by atoms with Gasteiger partial charge in [0, 0.05) is 0 Å². The molecule has 0 aliphatic carbocycles. The molecular formula is C41H79NO5. The Morgan fingerprint density at radius 2 is 1.02 bits per heavy atom. The van der Waals surface area contributed by atoms with Crippen LogP contribution in [0.5, 0.6) is 0 Å². The number of carbonyl (C=O) groups excluding carboxylic acids is 2. The zero-order valence-electron chi connectivity index (χ0n) is 31.8. The van der Waals surface area contributed by atoms with Crippen LogP contribution in [-0.2, 0) is 19.1 Å². The van der Waals surface area contributed by atoms with Crippen molar-refractivity contribution in [3.05, 3.63) is 0 Å². The van der Waals surface area contributed by atoms with Crippen LogP contribution < -0.4 is 0 Å². The van der Waals surface area contributed by atoms with Gasteiger partial charge in [0.25, 0.3) is 0 Å². The molecule has 1 aliphatic heterocycles. The van der Waals surface area contributed by atoms with Crippen molar-refractivity contribution in [1.82, 2.24) is 4.90 Å². The van der Waals surface area contributed by atoms with Gasteiger partial charge in [0.1, 0.15) is 0 Å². The summed E-state index contributed by atoms with van der Waals surface area (Å²) in [6.07, 6.45) is 30.3. The molecular weight excluding hydrogens is 586 g/mol. The van der Waals surface area contributed by atoms with Crippen molar-refractivity contribution in [2.45, 2.75) is 206 Å². The summed E-state index contributed by atoms with van der Waals surface area (Å²) in [4.78, 5) is 27.7. The highest BCUT2D eigenvalue weighted by Crippen LogP contribution is 2.29. The fourth-order valence-electron chi connectivity index (χ4n) is 7.09. The summed E-state index contributed by atoms with van der Waals surface area (Å²) in [6, 6.07) is 0. The van der Waals surface area contributed by atoms with Crippen LogP contribution in [0.15, 0.2) is 0 Å². The number of esters is 2. The number of aliphatic hydroxyl groups is 1. The lowest BCUT2D eigenvalue weighted by molar-refractivity contribution is -0.150. The molecule has 1 rings (SSSR count). The summed E-state index contributed by atoms with van der Waals surface area (Å²) < 4.78 is 11.4. The van der Waals surface area contributed by atoms with Crippen molar-refractivity contribution < 1.29 is 24.2 Å². The highest BCUT2D eigenvalue weighted by Gasteiger charge is 2.27. The predicted octanol–water partition coefficient (Wildman–Crippen LogP) is 11.0. The van der Waals surface area contributed by atoms with Gasteiger partial charge in [-0.15, -0.1) is 0 Å². The number of hydrogen-bond donors (Lipinski definition) is 1. The molecule has 0 radical (unpaired) electrons. The zero-order chi connectivity index (χ0) is 34.4. The smallest absolute Gasteiger partial charge is 0.309 e. The van der Waals surface area contributed by atoms with Crippen LogP contribution in [0.2, 0.25) is 0 Å². The van der Waals surface area contributed by atoms with Gasteiger partial charge >= 0.3 is 11.9 Å². The fraction of sp³-hybridized carbons (Fsp3) is 0.951. The van der Waals surface area contributed by atoms with E-state index >= 15 is 0 Å². The minimum absolute atomic E-state index is 0.0320. The molecule has 47 heavy (non-hydrogen) atoms. The molecule has 1 N–H and O–H groups in total. The van der Waals surface area contributed by atoms with Crippen molar-refractivity contribution >= 4 is 11.9 Å². The van der Waals surface area contributed by atoms with Crippen LogP contribution in [0.1, 0.15) is 201 Å². The number of likely N-dealkylation sites (tertiary alicyclic amines) is 1. The molecule has 0 saturated carbocycles. The Morgan fingerprint density at radius 1 is 0.617 bits per heavy atom. The SMILES string of the molecule is CCCCCCCCC(CCCCCC)C(=O)OCCCCCCC(O)(CCCCCCC)CCCCOC(=O)C1CCN(C)CC1. The summed E-state index contributed by atoms with van der Waals surface area (Å²) in [7, 11) is 2.10. The molecule has 0 spiro atoms. The Hall–Kier alpha value is -1.14. The van der Waals surface area contributed by atoms with Gasteiger partial charge in [-0.05, 0) is 84.3 Å². The average molecular weight is 666 g/mol. The van der Waals surface area contributed by atoms with Crippen molar-refractivity contribution in [1.29, 1.82) is 0 Å². The molecule has 0 amide bonds. The lowest BCUT2D eigenvalue weighted by Crippen LogP contribution is -2.34. The summed E-state index contributed by atoms with van der Waals surface area (Å²) in [5.74, 6) is 0.125. The van der Waals surface area contributed by atoms with Gasteiger partial charge in [0.15, 0.2) is 0 Å². The number of unbranched alkanes of at least 4 members (excludes halogenated alkanes) is 16. The van der Waals surface area contributed by atoms with Gasteiger partial charge in [0.05, 0.1) is 30.7 Å². The normalized spacial score (nSPS) is 16.2. The number of nitrogens with zero attached hydrogens (tertiary/aromatic N) is 1. The molecule has 2 unspecified atom stereocenters. The lowest BCUT2D eigenvalue weighted by Gasteiger charge is -2.29. The maximum atomic E-state index is 13.0. The summed E-state index contributed by atoms with van der Waals surface area (Å²) >= 11 is 0. The molecule has 0 aromatic carbocycles. The van der Waals surface area contributed by atoms with Crippen LogP contribution in [-0.4, -0.2) is 60.9 Å². The molecule has 0 aromatic heterocycles. The van der Waals surface area contributed by atoms with Crippen LogP contribution >= 0.6 is 0 Å². The second kappa shape index (κ2) is 29.7. The largest absolute Gasteiger partial charge is 0.465 e. The van der Waals surface area contributed by atoms with Crippen LogP contribution in [0, 0.1) is 11.8 Å². The molecule has 1 heterocycles. The highest BCUT2D eigenvalue weighted by atomic mass is 16.5. The number of rotatable bonds is 32. The first-order chi connectivity index (χ1) is 22.8. The highest BCUT2D eigenvalue weighted by molar-refractivity contribution is 5.72. The number of carbonyl (C=O) groups is 2. The van der Waals surface area contributed by atoms with E-state index in [1.54, 1.807) is 0 Å². The fourth-order valence-corrected chi connectivity index (χ4v) is 7.09. The third-order valence-electron chi connectivity index (χ3n) is 10.5. The second-order valence-electron chi connectivity index (χ2n) is 15.0. The number of hydrogen-bond acceptors (Lipinski definition) is 6. The minimum Gasteiger partial charge on any atom is -0.465 e. The monoisotopic (exact) mass is 666 g/mol. The molecule has 1 saturated heterocycles. The summed E-state index contributed by atoms with van der Waals surface area (Å²) in [5.41, 5.74) is -0.627. The van der Waals surface area contributed by atoms with E-state index in [0.29, 0.717) is 13.2 Å². The molecule has 6 nitrogen and oxygen atoms in total. The topological polar surface area (TPSA) is 76.1 Å². The molecule has 0 bridgehead atoms. The molecule has 6 heteroatoms. The Kier molecular flexibility index (Phi) is 27.8. The summed E-state index contributed by atoms with van der Waals surface area (Å²) in [5, 5.41) is 11.6. The lowest BCUT2D eigenvalue weighted by atomic mass is 9.85. The maximum absolute atomic E-state index is 13.0. The van der Waals surface area contributed by atoms with Crippen molar-refractivity contribution in [2.24, 2.45) is 11.8 Å². The Balaban J connectivity index is 2.35. The van der Waals surface area contributed by atoms with E-state index in [1.807, 2.05) is 0 Å². The first kappa shape index (κ1) is 43.9. The third-order valence-corrected chi connectivity index (χ3v) is 10.5. The molecule has 2 atom stereocenters. The maximum Gasteiger partial charge on any atom is 0.309 e. The van der Waals surface area contributed by atoms with Gasteiger partial charge in [-0.2, -0.15) is 0 Å². The van der Waals surface area contributed by atoms with Gasteiger partial charge in [0.2, 0.25) is 0 Å². The van der Waals surface area contributed by atoms with Crippen LogP contribution in [0.25, 0.3) is 0 Å². The molecule has 278 valence electrons. The zero-order valence-corrected chi connectivity index (χ0v) is 31.8. The Labute approximate surface area is 291 Å². The van der Waals surface area contributed by atoms with E-state index in [0.717, 1.165) is 116 Å². The Morgan fingerprint density at radius 3 is 1.57 bits per heavy atom. The second-order valence-corrected chi connectivity index (χ2v) is 15.0. The number of piperidine rings is 1. The molecule has 1 aliphatic rings. The average Bonchev–Trinajstić information content (AvgIpc) is 3.06. The van der Waals surface area contributed by atoms with Crippen molar-refractivity contribution in [2.75, 3.05) is 33.4 Å². The van der Waals surface area contributed by atoms with E-state index in [1.165, 1.54) is 77.0 Å². The predicted molar refractivity (Wildman–Crippen MR) is 198 cm³/mol. The minimum atomic E-state index is -0.627. The van der Waals surface area contributed by atoms with E-state index in [4.69, 9.17) is 9.47 Å². The number of ether oxygens (including phenoxy) is 2. The van der Waals surface area contributed by atoms with E-state index in [9.17, 15) is 14.7 Å². The van der Waals surface area contributed by atoms with Gasteiger partial charge < -0.3 is 19.5 Å². The first-order valence-electron chi connectivity index (χ1n) is 20.6. The van der Waals surface area contributed by atoms with E-state index in [2.05, 4.69) is 32.7 Å². The standard InChI is InChI=1S/C41H79NO5/c1-5-8-11-14-15-20-27-37(26-19-13-10-7-3)39(43)46-35-24-18-17-22-31-41(45,30-21-16-12-9-6-2)32-23-25-36-47-40(44)38-28-33-42(4)34-29-38/h37-38,45H,5-36H2,1-4H3. The van der Waals surface area contributed by atoms with Gasteiger partial charge in [-0.3, -0.25) is 9.59 Å². The van der Waals surface area contributed by atoms with Gasteiger partial charge in [-0.25, -0.2) is 0 Å². The van der Waals surface area contributed by atoms with E-state index < -0.39 is 5.60 Å². The van der Waals surface area contributed by atoms with Crippen LogP contribution in [0.3, 0.4) is 0 Å². The first-order valence-corrected chi connectivity index (χ1v) is 20.6. The summed E-state index contributed by atoms with van der Waals surface area (Å²) in [6.45, 7) is 9.65. The molecule has 1 fully saturated rings. The quantitative estimate of drug-likeness (QED) is 0.0569. The molecule has 0 aromatic rings. The van der Waals surface area contributed by atoms with E-state index in [-0.39, 0.29) is 23.8 Å². The van der Waals surface area contributed by atoms with Crippen molar-refractivity contribution in [3.8, 4) is 0 Å². The van der Waals surface area contributed by atoms with Gasteiger partial charge in [-0.1, -0.05) is 136 Å². The third kappa shape index (κ3) is 23.8. The Bertz CT molecular complexity index is 737.